The molecule has 0 fully saturated rings. The fourth-order valence-electron chi connectivity index (χ4n) is 1.24. The molecule has 72 valence electrons. The zero-order valence-corrected chi connectivity index (χ0v) is 7.69. The van der Waals surface area contributed by atoms with Gasteiger partial charge in [-0.05, 0) is 6.07 Å². The zero-order valence-electron chi connectivity index (χ0n) is 6.94. The van der Waals surface area contributed by atoms with Gasteiger partial charge < -0.3 is 10.2 Å². The Balaban J connectivity index is 3.02. The van der Waals surface area contributed by atoms with E-state index in [1.807, 2.05) is 0 Å². The summed E-state index contributed by atoms with van der Waals surface area (Å²) in [4.78, 5) is 11.3. The van der Waals surface area contributed by atoms with E-state index < -0.39 is 0 Å². The smallest absolute Gasteiger partial charge is 0.189 e. The number of aromatic hydroxyl groups is 2. The number of rotatable bonds is 0. The number of nitrogens with zero attached hydrogens (tertiary/aromatic N) is 1. The van der Waals surface area contributed by atoms with Gasteiger partial charge in [0.1, 0.15) is 0 Å². The third-order valence-electron chi connectivity index (χ3n) is 1.95. The fourth-order valence-corrected chi connectivity index (χ4v) is 1.44. The van der Waals surface area contributed by atoms with Crippen LogP contribution < -0.4 is 5.43 Å². The van der Waals surface area contributed by atoms with Crippen LogP contribution in [0, 0.1) is 0 Å². The molecule has 0 atom stereocenters. The number of hydrogen-bond donors (Lipinski definition) is 2. The summed E-state index contributed by atoms with van der Waals surface area (Å²) in [6, 6.07) is 3.71. The van der Waals surface area contributed by atoms with E-state index in [9.17, 15) is 15.0 Å². The van der Waals surface area contributed by atoms with Gasteiger partial charge in [-0.25, -0.2) is 0 Å². The molecule has 0 aliphatic carbocycles. The summed E-state index contributed by atoms with van der Waals surface area (Å²) in [5.41, 5.74) is 0.0988. The molecule has 0 radical (unpaired) electrons. The van der Waals surface area contributed by atoms with Gasteiger partial charge in [0, 0.05) is 30.1 Å². The minimum Gasteiger partial charge on any atom is -0.504 e. The number of aromatic nitrogens is 1. The summed E-state index contributed by atoms with van der Waals surface area (Å²) >= 11 is 5.74. The largest absolute Gasteiger partial charge is 0.504 e. The van der Waals surface area contributed by atoms with Crippen molar-refractivity contribution in [3.05, 3.63) is 34.6 Å². The van der Waals surface area contributed by atoms with Crippen LogP contribution in [-0.2, 0) is 0 Å². The van der Waals surface area contributed by atoms with Crippen LogP contribution in [0.3, 0.4) is 0 Å². The minimum absolute atomic E-state index is 0.257. The van der Waals surface area contributed by atoms with Crippen molar-refractivity contribution in [1.82, 2.24) is 4.09 Å². The second kappa shape index (κ2) is 2.92. The normalized spacial score (nSPS) is 10.6. The van der Waals surface area contributed by atoms with Crippen molar-refractivity contribution in [1.29, 1.82) is 0 Å². The van der Waals surface area contributed by atoms with Crippen molar-refractivity contribution >= 4 is 22.7 Å². The van der Waals surface area contributed by atoms with Crippen LogP contribution in [0.15, 0.2) is 29.2 Å². The van der Waals surface area contributed by atoms with Crippen molar-refractivity contribution in [2.75, 3.05) is 0 Å². The maximum atomic E-state index is 11.3. The Labute approximate surface area is 83.7 Å². The van der Waals surface area contributed by atoms with Crippen LogP contribution in [0.2, 0.25) is 0 Å². The Morgan fingerprint density at radius 1 is 1.21 bits per heavy atom. The van der Waals surface area contributed by atoms with Gasteiger partial charge in [0.2, 0.25) is 0 Å². The molecule has 0 unspecified atom stereocenters. The van der Waals surface area contributed by atoms with Crippen LogP contribution in [0.4, 0.5) is 0 Å². The molecule has 1 heterocycles. The van der Waals surface area contributed by atoms with Crippen LogP contribution in [0.1, 0.15) is 0 Å². The average Bonchev–Trinajstić information content (AvgIpc) is 2.15. The summed E-state index contributed by atoms with van der Waals surface area (Å²) in [5, 5.41) is 18.7. The Hall–Kier alpha value is -1.68. The Kier molecular flexibility index (Phi) is 1.86. The quantitative estimate of drug-likeness (QED) is 0.648. The predicted octanol–water partition coefficient (Wildman–Crippen LogP) is 1.41. The molecule has 0 aliphatic heterocycles. The summed E-state index contributed by atoms with van der Waals surface area (Å²) in [6.45, 7) is 0. The first kappa shape index (κ1) is 8.90. The zero-order chi connectivity index (χ0) is 10.3. The first-order valence-corrected chi connectivity index (χ1v) is 4.17. The van der Waals surface area contributed by atoms with E-state index in [2.05, 4.69) is 0 Å². The Bertz CT molecular complexity index is 562. The first-order valence-electron chi connectivity index (χ1n) is 3.83. The monoisotopic (exact) mass is 211 g/mol. The van der Waals surface area contributed by atoms with E-state index in [1.165, 1.54) is 28.5 Å². The molecule has 0 saturated heterocycles. The van der Waals surface area contributed by atoms with Crippen molar-refractivity contribution < 1.29 is 10.2 Å². The van der Waals surface area contributed by atoms with Gasteiger partial charge in [0.05, 0.1) is 10.9 Å². The van der Waals surface area contributed by atoms with Crippen molar-refractivity contribution in [3.8, 4) is 11.5 Å². The predicted molar refractivity (Wildman–Crippen MR) is 52.8 cm³/mol. The standard InChI is InChI=1S/C9H6ClNO3/c10-11-2-1-7(12)5-3-8(13)9(14)4-6(5)11/h1-4,13-14H. The molecular weight excluding hydrogens is 206 g/mol. The molecule has 5 heteroatoms. The maximum Gasteiger partial charge on any atom is 0.189 e. The van der Waals surface area contributed by atoms with E-state index >= 15 is 0 Å². The van der Waals surface area contributed by atoms with Gasteiger partial charge >= 0.3 is 0 Å². The molecule has 4 nitrogen and oxygen atoms in total. The lowest BCUT2D eigenvalue weighted by Crippen LogP contribution is -2.02. The lowest BCUT2D eigenvalue weighted by atomic mass is 10.2. The molecular formula is C9H6ClNO3. The third kappa shape index (κ3) is 1.20. The highest BCUT2D eigenvalue weighted by Crippen LogP contribution is 2.28. The fraction of sp³-hybridized carbons (Fsp3) is 0. The number of phenols is 2. The maximum absolute atomic E-state index is 11.3. The molecule has 0 saturated carbocycles. The number of benzene rings is 1. The number of phenolic OH excluding ortho intramolecular Hbond substituents is 2. The van der Waals surface area contributed by atoms with Crippen LogP contribution >= 0.6 is 11.8 Å². The van der Waals surface area contributed by atoms with Gasteiger partial charge in [-0.2, -0.15) is 0 Å². The molecule has 0 bridgehead atoms. The van der Waals surface area contributed by atoms with E-state index in [-0.39, 0.29) is 22.3 Å². The number of hydrogen-bond acceptors (Lipinski definition) is 3. The molecule has 1 aromatic carbocycles. The molecule has 14 heavy (non-hydrogen) atoms. The van der Waals surface area contributed by atoms with E-state index in [0.717, 1.165) is 0 Å². The first-order chi connectivity index (χ1) is 6.59. The second-order valence-electron chi connectivity index (χ2n) is 2.85. The molecule has 1 aromatic heterocycles. The minimum atomic E-state index is -0.336. The van der Waals surface area contributed by atoms with Gasteiger partial charge in [-0.1, -0.05) is 0 Å². The third-order valence-corrected chi connectivity index (χ3v) is 2.24. The Morgan fingerprint density at radius 3 is 2.57 bits per heavy atom. The molecule has 2 N–H and O–H groups in total. The summed E-state index contributed by atoms with van der Waals surface area (Å²) < 4.78 is 1.18. The van der Waals surface area contributed by atoms with Crippen LogP contribution in [0.5, 0.6) is 11.5 Å². The SMILES string of the molecule is O=c1ccn(Cl)c2cc(O)c(O)cc12. The van der Waals surface area contributed by atoms with Crippen LogP contribution in [0.25, 0.3) is 10.9 Å². The van der Waals surface area contributed by atoms with E-state index in [1.54, 1.807) is 0 Å². The highest BCUT2D eigenvalue weighted by atomic mass is 35.5. The molecule has 0 amide bonds. The Morgan fingerprint density at radius 2 is 1.86 bits per heavy atom. The van der Waals surface area contributed by atoms with Crippen molar-refractivity contribution in [3.63, 3.8) is 0 Å². The lowest BCUT2D eigenvalue weighted by molar-refractivity contribution is 0.404. The molecule has 2 rings (SSSR count). The van der Waals surface area contributed by atoms with E-state index in [0.29, 0.717) is 5.52 Å². The topological polar surface area (TPSA) is 62.5 Å². The highest BCUT2D eigenvalue weighted by molar-refractivity contribution is 6.18. The summed E-state index contributed by atoms with van der Waals surface area (Å²) in [5.74, 6) is -0.644. The number of halogens is 1. The average molecular weight is 212 g/mol. The van der Waals surface area contributed by atoms with Gasteiger partial charge in [0.25, 0.3) is 0 Å². The van der Waals surface area contributed by atoms with Gasteiger partial charge in [0.15, 0.2) is 16.9 Å². The van der Waals surface area contributed by atoms with Gasteiger partial charge in [-0.15, -0.1) is 0 Å². The molecule has 2 aromatic rings. The lowest BCUT2D eigenvalue weighted by Gasteiger charge is -2.03. The number of fused-ring (bicyclic) bond motifs is 1. The van der Waals surface area contributed by atoms with Crippen molar-refractivity contribution in [2.24, 2.45) is 0 Å². The summed E-state index contributed by atoms with van der Waals surface area (Å²) in [6.07, 6.45) is 1.38. The molecule has 0 aliphatic rings. The highest BCUT2D eigenvalue weighted by Gasteiger charge is 2.06. The second-order valence-corrected chi connectivity index (χ2v) is 3.21. The summed E-state index contributed by atoms with van der Waals surface area (Å²) in [7, 11) is 0. The van der Waals surface area contributed by atoms with Crippen molar-refractivity contribution in [2.45, 2.75) is 0 Å². The number of pyridine rings is 1. The van der Waals surface area contributed by atoms with Gasteiger partial charge in [-0.3, -0.25) is 8.88 Å². The van der Waals surface area contributed by atoms with E-state index in [4.69, 9.17) is 11.8 Å². The molecule has 0 spiro atoms. The van der Waals surface area contributed by atoms with Crippen LogP contribution in [-0.4, -0.2) is 14.3 Å².